The first-order valence-corrected chi connectivity index (χ1v) is 13.0. The van der Waals surface area contributed by atoms with Crippen molar-refractivity contribution >= 4 is 46.1 Å². The summed E-state index contributed by atoms with van der Waals surface area (Å²) in [4.78, 5) is 42.9. The molecule has 4 rings (SSSR count). The predicted octanol–water partition coefficient (Wildman–Crippen LogP) is 3.55. The molecule has 0 radical (unpaired) electrons. The van der Waals surface area contributed by atoms with Crippen LogP contribution in [0, 0.1) is 0 Å². The monoisotopic (exact) mass is 526 g/mol. The highest BCUT2D eigenvalue weighted by Crippen LogP contribution is 2.20. The molecular weight excluding hydrogens is 500 g/mol. The number of ether oxygens (including phenoxy) is 1. The Kier molecular flexibility index (Phi) is 8.79. The summed E-state index contributed by atoms with van der Waals surface area (Å²) < 4.78 is 7.02. The van der Waals surface area contributed by atoms with Crippen LogP contribution >= 0.6 is 23.4 Å². The van der Waals surface area contributed by atoms with Crippen LogP contribution in [0.15, 0.2) is 65.1 Å². The number of fused-ring (bicyclic) bond motifs is 1. The Balaban J connectivity index is 1.49. The van der Waals surface area contributed by atoms with Gasteiger partial charge in [0.25, 0.3) is 11.5 Å². The zero-order valence-electron chi connectivity index (χ0n) is 19.7. The van der Waals surface area contributed by atoms with E-state index in [0.29, 0.717) is 39.7 Å². The molecule has 0 saturated carbocycles. The van der Waals surface area contributed by atoms with Crippen LogP contribution in [-0.2, 0) is 22.6 Å². The molecule has 1 fully saturated rings. The zero-order chi connectivity index (χ0) is 25.5. The molecule has 1 aromatic heterocycles. The van der Waals surface area contributed by atoms with Crippen LogP contribution in [0.2, 0.25) is 5.02 Å². The van der Waals surface area contributed by atoms with Gasteiger partial charge < -0.3 is 15.4 Å². The molecule has 2 aromatic carbocycles. The van der Waals surface area contributed by atoms with Crippen LogP contribution in [0.1, 0.15) is 28.8 Å². The summed E-state index contributed by atoms with van der Waals surface area (Å²) in [5.74, 6) is -0.416. The van der Waals surface area contributed by atoms with Gasteiger partial charge in [-0.25, -0.2) is 4.98 Å². The molecule has 0 aliphatic carbocycles. The number of hydrogen-bond acceptors (Lipinski definition) is 6. The van der Waals surface area contributed by atoms with Gasteiger partial charge in [0.05, 0.1) is 22.8 Å². The molecule has 188 valence electrons. The van der Waals surface area contributed by atoms with Gasteiger partial charge in [-0.1, -0.05) is 47.6 Å². The van der Waals surface area contributed by atoms with E-state index in [1.165, 1.54) is 4.57 Å². The third-order valence-electron chi connectivity index (χ3n) is 5.77. The SMILES string of the molecule is C=CCn1c(SCC(=O)NCc2ccccc2Cl)nc2cc(C(=O)NC[C@@H]3CCCO3)ccc2c1=O. The van der Waals surface area contributed by atoms with Crippen LogP contribution in [0.4, 0.5) is 0 Å². The Labute approximate surface area is 218 Å². The lowest BCUT2D eigenvalue weighted by Gasteiger charge is -2.13. The maximum absolute atomic E-state index is 13.1. The van der Waals surface area contributed by atoms with Crippen LogP contribution in [0.3, 0.4) is 0 Å². The van der Waals surface area contributed by atoms with E-state index in [1.807, 2.05) is 18.2 Å². The van der Waals surface area contributed by atoms with Crippen molar-refractivity contribution in [1.29, 1.82) is 0 Å². The average molecular weight is 527 g/mol. The number of hydrogen-bond donors (Lipinski definition) is 2. The van der Waals surface area contributed by atoms with E-state index in [0.717, 1.165) is 36.8 Å². The quantitative estimate of drug-likeness (QED) is 0.238. The summed E-state index contributed by atoms with van der Waals surface area (Å²) in [6.07, 6.45) is 3.56. The van der Waals surface area contributed by atoms with E-state index in [9.17, 15) is 14.4 Å². The third-order valence-corrected chi connectivity index (χ3v) is 7.12. The van der Waals surface area contributed by atoms with Crippen LogP contribution in [0.25, 0.3) is 10.9 Å². The number of allylic oxidation sites excluding steroid dienone is 1. The van der Waals surface area contributed by atoms with E-state index in [4.69, 9.17) is 16.3 Å². The molecule has 1 atom stereocenters. The van der Waals surface area contributed by atoms with Crippen molar-refractivity contribution in [2.75, 3.05) is 18.9 Å². The van der Waals surface area contributed by atoms with Crippen molar-refractivity contribution in [3.63, 3.8) is 0 Å². The van der Waals surface area contributed by atoms with E-state index in [1.54, 1.807) is 30.3 Å². The number of amides is 2. The summed E-state index contributed by atoms with van der Waals surface area (Å²) >= 11 is 7.29. The lowest BCUT2D eigenvalue weighted by atomic mass is 10.1. The lowest BCUT2D eigenvalue weighted by molar-refractivity contribution is -0.118. The fourth-order valence-corrected chi connectivity index (χ4v) is 4.91. The van der Waals surface area contributed by atoms with Crippen molar-refractivity contribution in [3.05, 3.63) is 81.6 Å². The van der Waals surface area contributed by atoms with Gasteiger partial charge in [0, 0.05) is 36.8 Å². The molecule has 2 heterocycles. The summed E-state index contributed by atoms with van der Waals surface area (Å²) in [5.41, 5.74) is 1.35. The van der Waals surface area contributed by atoms with E-state index < -0.39 is 0 Å². The Bertz CT molecular complexity index is 1340. The van der Waals surface area contributed by atoms with Crippen molar-refractivity contribution in [2.24, 2.45) is 0 Å². The number of nitrogens with one attached hydrogen (secondary N) is 2. The first kappa shape index (κ1) is 25.9. The second-order valence-corrected chi connectivity index (χ2v) is 9.68. The maximum Gasteiger partial charge on any atom is 0.262 e. The standard InChI is InChI=1S/C26H27ClN4O4S/c1-2-11-31-25(34)20-10-9-17(24(33)29-15-19-7-5-12-35-19)13-22(20)30-26(31)36-16-23(32)28-14-18-6-3-4-8-21(18)27/h2-4,6,8-10,13,19H,1,5,7,11-12,14-16H2,(H,28,32)(H,29,33)/t19-/m0/s1. The first-order valence-electron chi connectivity index (χ1n) is 11.6. The number of carbonyl (C=O) groups is 2. The largest absolute Gasteiger partial charge is 0.376 e. The summed E-state index contributed by atoms with van der Waals surface area (Å²) in [5, 5.41) is 7.06. The Morgan fingerprint density at radius 2 is 2.08 bits per heavy atom. The van der Waals surface area contributed by atoms with Gasteiger partial charge in [-0.15, -0.1) is 6.58 Å². The minimum atomic E-state index is -0.259. The van der Waals surface area contributed by atoms with Gasteiger partial charge in [0.2, 0.25) is 5.91 Å². The number of thioether (sulfide) groups is 1. The highest BCUT2D eigenvalue weighted by Gasteiger charge is 2.18. The molecular formula is C26H27ClN4O4S. The highest BCUT2D eigenvalue weighted by atomic mass is 35.5. The fourth-order valence-electron chi connectivity index (χ4n) is 3.87. The molecule has 1 aliphatic rings. The summed E-state index contributed by atoms with van der Waals surface area (Å²) in [6.45, 7) is 5.43. The Morgan fingerprint density at radius 1 is 1.25 bits per heavy atom. The number of rotatable bonds is 10. The minimum absolute atomic E-state index is 0.0331. The molecule has 0 spiro atoms. The second-order valence-electron chi connectivity index (χ2n) is 8.33. The Hall–Kier alpha value is -3.14. The van der Waals surface area contributed by atoms with Gasteiger partial charge in [-0.05, 0) is 42.7 Å². The average Bonchev–Trinajstić information content (AvgIpc) is 3.41. The predicted molar refractivity (Wildman–Crippen MR) is 142 cm³/mol. The maximum atomic E-state index is 13.1. The normalized spacial score (nSPS) is 15.1. The number of carbonyl (C=O) groups excluding carboxylic acids is 2. The number of aromatic nitrogens is 2. The van der Waals surface area contributed by atoms with E-state index in [2.05, 4.69) is 22.2 Å². The van der Waals surface area contributed by atoms with Crippen LogP contribution in [0.5, 0.6) is 0 Å². The molecule has 3 aromatic rings. The molecule has 1 aliphatic heterocycles. The molecule has 0 unspecified atom stereocenters. The topological polar surface area (TPSA) is 102 Å². The first-order chi connectivity index (χ1) is 17.5. The van der Waals surface area contributed by atoms with Crippen molar-refractivity contribution in [1.82, 2.24) is 20.2 Å². The summed E-state index contributed by atoms with van der Waals surface area (Å²) in [7, 11) is 0. The van der Waals surface area contributed by atoms with Gasteiger partial charge in [-0.2, -0.15) is 0 Å². The molecule has 2 amide bonds. The van der Waals surface area contributed by atoms with E-state index >= 15 is 0 Å². The van der Waals surface area contributed by atoms with Gasteiger partial charge in [0.15, 0.2) is 5.16 Å². The summed E-state index contributed by atoms with van der Waals surface area (Å²) in [6, 6.07) is 12.1. The third kappa shape index (κ3) is 6.34. The van der Waals surface area contributed by atoms with Crippen molar-refractivity contribution in [3.8, 4) is 0 Å². The number of benzene rings is 2. The van der Waals surface area contributed by atoms with E-state index in [-0.39, 0.29) is 35.8 Å². The molecule has 0 bridgehead atoms. The number of nitrogens with zero attached hydrogens (tertiary/aromatic N) is 2. The lowest BCUT2D eigenvalue weighted by Crippen LogP contribution is -2.31. The van der Waals surface area contributed by atoms with Crippen LogP contribution < -0.4 is 16.2 Å². The second kappa shape index (κ2) is 12.2. The number of halogens is 1. The van der Waals surface area contributed by atoms with Gasteiger partial charge in [-0.3, -0.25) is 19.0 Å². The molecule has 36 heavy (non-hydrogen) atoms. The highest BCUT2D eigenvalue weighted by molar-refractivity contribution is 7.99. The van der Waals surface area contributed by atoms with Gasteiger partial charge >= 0.3 is 0 Å². The van der Waals surface area contributed by atoms with Crippen molar-refractivity contribution < 1.29 is 14.3 Å². The van der Waals surface area contributed by atoms with Crippen molar-refractivity contribution in [2.45, 2.75) is 37.2 Å². The molecule has 8 nitrogen and oxygen atoms in total. The molecule has 2 N–H and O–H groups in total. The molecule has 10 heteroatoms. The zero-order valence-corrected chi connectivity index (χ0v) is 21.2. The van der Waals surface area contributed by atoms with Gasteiger partial charge in [0.1, 0.15) is 0 Å². The smallest absolute Gasteiger partial charge is 0.262 e. The Morgan fingerprint density at radius 3 is 2.83 bits per heavy atom. The molecule has 1 saturated heterocycles. The van der Waals surface area contributed by atoms with Crippen LogP contribution in [-0.4, -0.2) is 46.4 Å². The fraction of sp³-hybridized carbons (Fsp3) is 0.308. The minimum Gasteiger partial charge on any atom is -0.376 e.